The highest BCUT2D eigenvalue weighted by Crippen LogP contribution is 2.44. The first-order valence-corrected chi connectivity index (χ1v) is 7.02. The number of aliphatic hydroxyl groups excluding tert-OH is 1. The Bertz CT molecular complexity index is 415. The van der Waals surface area contributed by atoms with Gasteiger partial charge in [-0.3, -0.25) is 0 Å². The van der Waals surface area contributed by atoms with Crippen molar-refractivity contribution in [1.29, 1.82) is 0 Å². The zero-order valence-electron chi connectivity index (χ0n) is 10.5. The number of hydrogen-bond acceptors (Lipinski definition) is 2. The quantitative estimate of drug-likeness (QED) is 0.908. The fourth-order valence-corrected chi connectivity index (χ4v) is 2.83. The van der Waals surface area contributed by atoms with Crippen molar-refractivity contribution in [2.75, 3.05) is 0 Å². The molecule has 3 heteroatoms. The van der Waals surface area contributed by atoms with Crippen LogP contribution in [-0.2, 0) is 0 Å². The van der Waals surface area contributed by atoms with E-state index in [1.807, 2.05) is 6.07 Å². The van der Waals surface area contributed by atoms with E-state index in [0.29, 0.717) is 5.92 Å². The average Bonchev–Trinajstić information content (AvgIpc) is 2.56. The maximum Gasteiger partial charge on any atom is 0.129 e. The van der Waals surface area contributed by atoms with Gasteiger partial charge in [0.1, 0.15) is 18.0 Å². The first kappa shape index (κ1) is 12.9. The number of halogens is 1. The van der Waals surface area contributed by atoms with Crippen molar-refractivity contribution in [3.63, 3.8) is 0 Å². The maximum absolute atomic E-state index is 10.3. The van der Waals surface area contributed by atoms with Crippen molar-refractivity contribution >= 4 is 15.9 Å². The molecule has 1 aliphatic rings. The second-order valence-corrected chi connectivity index (χ2v) is 5.87. The van der Waals surface area contributed by atoms with E-state index in [9.17, 15) is 5.11 Å². The van der Waals surface area contributed by atoms with Crippen LogP contribution in [0.2, 0.25) is 0 Å². The first-order chi connectivity index (χ1) is 8.04. The van der Waals surface area contributed by atoms with Crippen molar-refractivity contribution in [1.82, 2.24) is 0 Å². The molecule has 0 saturated heterocycles. The van der Waals surface area contributed by atoms with E-state index >= 15 is 0 Å². The van der Waals surface area contributed by atoms with Gasteiger partial charge >= 0.3 is 0 Å². The van der Waals surface area contributed by atoms with Crippen molar-refractivity contribution < 1.29 is 9.84 Å². The Morgan fingerprint density at radius 2 is 2.12 bits per heavy atom. The van der Waals surface area contributed by atoms with Crippen LogP contribution in [0.25, 0.3) is 0 Å². The molecule has 0 radical (unpaired) electrons. The fraction of sp³-hybridized carbons (Fsp3) is 0.571. The summed E-state index contributed by atoms with van der Waals surface area (Å²) < 4.78 is 6.95. The SMILES string of the molecule is CCCC1Oc2c(C(C)C)cc(Br)cc2C1O. The normalized spacial score (nSPS) is 22.7. The number of rotatable bonds is 3. The highest BCUT2D eigenvalue weighted by Gasteiger charge is 2.34. The molecular weight excluding hydrogens is 280 g/mol. The third kappa shape index (κ3) is 2.36. The summed E-state index contributed by atoms with van der Waals surface area (Å²) in [6.45, 7) is 6.40. The van der Waals surface area contributed by atoms with Gasteiger partial charge in [-0.1, -0.05) is 43.1 Å². The average molecular weight is 299 g/mol. The van der Waals surface area contributed by atoms with Gasteiger partial charge in [0.25, 0.3) is 0 Å². The summed E-state index contributed by atoms with van der Waals surface area (Å²) in [5.41, 5.74) is 2.11. The molecule has 0 aliphatic carbocycles. The highest BCUT2D eigenvalue weighted by atomic mass is 79.9. The Hall–Kier alpha value is -0.540. The molecule has 0 fully saturated rings. The number of benzene rings is 1. The van der Waals surface area contributed by atoms with E-state index in [1.54, 1.807) is 0 Å². The molecule has 1 aliphatic heterocycles. The molecule has 2 unspecified atom stereocenters. The summed E-state index contributed by atoms with van der Waals surface area (Å²) in [6, 6.07) is 4.06. The molecule has 2 atom stereocenters. The molecule has 94 valence electrons. The van der Waals surface area contributed by atoms with Gasteiger partial charge in [0, 0.05) is 10.0 Å². The van der Waals surface area contributed by atoms with Gasteiger partial charge < -0.3 is 9.84 Å². The third-order valence-corrected chi connectivity index (χ3v) is 3.70. The van der Waals surface area contributed by atoms with E-state index in [0.717, 1.165) is 28.6 Å². The Morgan fingerprint density at radius 3 is 2.71 bits per heavy atom. The molecular formula is C14H19BrO2. The van der Waals surface area contributed by atoms with Gasteiger partial charge in [0.2, 0.25) is 0 Å². The van der Waals surface area contributed by atoms with E-state index in [4.69, 9.17) is 4.74 Å². The lowest BCUT2D eigenvalue weighted by atomic mass is 9.97. The predicted octanol–water partition coefficient (Wildman–Crippen LogP) is 4.17. The molecule has 17 heavy (non-hydrogen) atoms. The largest absolute Gasteiger partial charge is 0.487 e. The Labute approximate surface area is 111 Å². The first-order valence-electron chi connectivity index (χ1n) is 6.22. The van der Waals surface area contributed by atoms with Crippen LogP contribution in [0.4, 0.5) is 0 Å². The Balaban J connectivity index is 2.42. The zero-order chi connectivity index (χ0) is 12.6. The van der Waals surface area contributed by atoms with Crippen molar-refractivity contribution in [2.45, 2.75) is 51.7 Å². The fourth-order valence-electron chi connectivity index (χ4n) is 2.34. The summed E-state index contributed by atoms with van der Waals surface area (Å²) >= 11 is 3.50. The molecule has 1 aromatic carbocycles. The zero-order valence-corrected chi connectivity index (χ0v) is 12.1. The summed E-state index contributed by atoms with van der Waals surface area (Å²) in [6.07, 6.45) is 1.35. The van der Waals surface area contributed by atoms with Gasteiger partial charge in [-0.25, -0.2) is 0 Å². The standard InChI is InChI=1S/C14H19BrO2/c1-4-5-12-13(16)11-7-9(15)6-10(8(2)3)14(11)17-12/h6-8,12-13,16H,4-5H2,1-3H3. The molecule has 1 heterocycles. The van der Waals surface area contributed by atoms with Crippen LogP contribution in [0.15, 0.2) is 16.6 Å². The molecule has 0 amide bonds. The van der Waals surface area contributed by atoms with E-state index in [1.165, 1.54) is 5.56 Å². The topological polar surface area (TPSA) is 29.5 Å². The van der Waals surface area contributed by atoms with Gasteiger partial charge in [0.15, 0.2) is 0 Å². The van der Waals surface area contributed by atoms with Crippen molar-refractivity contribution in [3.05, 3.63) is 27.7 Å². The molecule has 2 rings (SSSR count). The summed E-state index contributed by atoms with van der Waals surface area (Å²) in [5.74, 6) is 1.29. The van der Waals surface area contributed by atoms with Crippen LogP contribution in [0.3, 0.4) is 0 Å². The maximum atomic E-state index is 10.3. The van der Waals surface area contributed by atoms with Gasteiger partial charge in [0.05, 0.1) is 0 Å². The second kappa shape index (κ2) is 4.99. The van der Waals surface area contributed by atoms with Crippen LogP contribution < -0.4 is 4.74 Å². The summed E-state index contributed by atoms with van der Waals surface area (Å²) in [5, 5.41) is 10.3. The molecule has 0 bridgehead atoms. The lowest BCUT2D eigenvalue weighted by Gasteiger charge is -2.14. The van der Waals surface area contributed by atoms with Gasteiger partial charge in [-0.05, 0) is 30.0 Å². The van der Waals surface area contributed by atoms with Gasteiger partial charge in [-0.2, -0.15) is 0 Å². The van der Waals surface area contributed by atoms with Crippen LogP contribution in [0, 0.1) is 0 Å². The molecule has 1 N–H and O–H groups in total. The lowest BCUT2D eigenvalue weighted by Crippen LogP contribution is -2.17. The summed E-state index contributed by atoms with van der Waals surface area (Å²) in [4.78, 5) is 0. The third-order valence-electron chi connectivity index (χ3n) is 3.25. The minimum Gasteiger partial charge on any atom is -0.487 e. The number of ether oxygens (including phenoxy) is 1. The Kier molecular flexibility index (Phi) is 3.79. The summed E-state index contributed by atoms with van der Waals surface area (Å²) in [7, 11) is 0. The smallest absolute Gasteiger partial charge is 0.129 e. The molecule has 0 aromatic heterocycles. The minimum atomic E-state index is -0.486. The molecule has 0 spiro atoms. The second-order valence-electron chi connectivity index (χ2n) is 4.96. The monoisotopic (exact) mass is 298 g/mol. The minimum absolute atomic E-state index is 0.0817. The van der Waals surface area contributed by atoms with E-state index in [2.05, 4.69) is 42.8 Å². The van der Waals surface area contributed by atoms with Crippen LogP contribution in [-0.4, -0.2) is 11.2 Å². The highest BCUT2D eigenvalue weighted by molar-refractivity contribution is 9.10. The number of aliphatic hydroxyl groups is 1. The van der Waals surface area contributed by atoms with E-state index < -0.39 is 6.10 Å². The Morgan fingerprint density at radius 1 is 1.41 bits per heavy atom. The predicted molar refractivity (Wildman–Crippen MR) is 72.5 cm³/mol. The van der Waals surface area contributed by atoms with E-state index in [-0.39, 0.29) is 6.10 Å². The number of hydrogen-bond donors (Lipinski definition) is 1. The lowest BCUT2D eigenvalue weighted by molar-refractivity contribution is 0.0613. The number of fused-ring (bicyclic) bond motifs is 1. The molecule has 2 nitrogen and oxygen atoms in total. The van der Waals surface area contributed by atoms with Gasteiger partial charge in [-0.15, -0.1) is 0 Å². The van der Waals surface area contributed by atoms with Crippen LogP contribution in [0.1, 0.15) is 56.8 Å². The van der Waals surface area contributed by atoms with Crippen molar-refractivity contribution in [2.24, 2.45) is 0 Å². The van der Waals surface area contributed by atoms with Crippen LogP contribution in [0.5, 0.6) is 5.75 Å². The molecule has 1 aromatic rings. The molecule has 0 saturated carbocycles. The van der Waals surface area contributed by atoms with Crippen molar-refractivity contribution in [3.8, 4) is 5.75 Å². The van der Waals surface area contributed by atoms with Crippen LogP contribution >= 0.6 is 15.9 Å².